The molecule has 29 heavy (non-hydrogen) atoms. The van der Waals surface area contributed by atoms with Gasteiger partial charge < -0.3 is 15.3 Å². The van der Waals surface area contributed by atoms with Crippen molar-refractivity contribution in [2.75, 3.05) is 6.61 Å². The summed E-state index contributed by atoms with van der Waals surface area (Å²) in [5.74, 6) is -4.58. The van der Waals surface area contributed by atoms with E-state index in [1.54, 1.807) is 36.4 Å². The Kier molecular flexibility index (Phi) is 13.9. The standard InChI is InChI=1S/2C8H6O3.C6H14O/c2*9-7(8(10)11)6-4-2-1-3-5-6;1-2-3-4-5-6-7/h2*1-5H,(H,10,11);7H,2-6H2,1H3. The minimum Gasteiger partial charge on any atom is -0.475 e. The van der Waals surface area contributed by atoms with Gasteiger partial charge in [0, 0.05) is 17.7 Å². The first-order chi connectivity index (χ1) is 13.8. The fourth-order valence-electron chi connectivity index (χ4n) is 1.96. The van der Waals surface area contributed by atoms with Gasteiger partial charge >= 0.3 is 11.9 Å². The summed E-state index contributed by atoms with van der Waals surface area (Å²) in [4.78, 5) is 41.8. The third-order valence-corrected chi connectivity index (χ3v) is 3.47. The Hall–Kier alpha value is -3.32. The SMILES string of the molecule is CCCCCCO.O=C(O)C(=O)c1ccccc1.O=C(O)C(=O)c1ccccc1. The molecule has 0 saturated carbocycles. The Labute approximate surface area is 169 Å². The van der Waals surface area contributed by atoms with Crippen LogP contribution in [-0.2, 0) is 9.59 Å². The van der Waals surface area contributed by atoms with Gasteiger partial charge in [0.2, 0.25) is 0 Å². The minimum absolute atomic E-state index is 0.208. The van der Waals surface area contributed by atoms with Gasteiger partial charge in [-0.05, 0) is 6.42 Å². The van der Waals surface area contributed by atoms with Crippen LogP contribution in [0.3, 0.4) is 0 Å². The molecule has 0 fully saturated rings. The summed E-state index contributed by atoms with van der Waals surface area (Å²) in [6.07, 6.45) is 4.68. The normalized spacial score (nSPS) is 9.17. The van der Waals surface area contributed by atoms with Gasteiger partial charge in [0.05, 0.1) is 0 Å². The van der Waals surface area contributed by atoms with E-state index in [0.717, 1.165) is 6.42 Å². The van der Waals surface area contributed by atoms with Crippen LogP contribution in [0.2, 0.25) is 0 Å². The maximum atomic E-state index is 10.7. The number of ketones is 2. The van der Waals surface area contributed by atoms with Gasteiger partial charge in [0.1, 0.15) is 0 Å². The van der Waals surface area contributed by atoms with E-state index in [9.17, 15) is 19.2 Å². The number of benzene rings is 2. The topological polar surface area (TPSA) is 129 Å². The molecule has 2 aromatic carbocycles. The Morgan fingerprint density at radius 2 is 1.03 bits per heavy atom. The molecule has 0 unspecified atom stereocenters. The van der Waals surface area contributed by atoms with Crippen LogP contribution in [-0.4, -0.2) is 45.4 Å². The first-order valence-corrected chi connectivity index (χ1v) is 9.11. The second kappa shape index (κ2) is 15.7. The van der Waals surface area contributed by atoms with Crippen LogP contribution in [0.15, 0.2) is 60.7 Å². The van der Waals surface area contributed by atoms with Crippen molar-refractivity contribution in [1.82, 2.24) is 0 Å². The molecule has 2 rings (SSSR count). The van der Waals surface area contributed by atoms with E-state index in [4.69, 9.17) is 15.3 Å². The molecule has 2 aromatic rings. The molecular formula is C22H26O7. The average Bonchev–Trinajstić information content (AvgIpc) is 2.75. The van der Waals surface area contributed by atoms with Crippen molar-refractivity contribution in [2.45, 2.75) is 32.6 Å². The zero-order valence-electron chi connectivity index (χ0n) is 16.3. The summed E-state index contributed by atoms with van der Waals surface area (Å²) in [6, 6.07) is 15.8. The van der Waals surface area contributed by atoms with E-state index in [1.807, 2.05) is 0 Å². The lowest BCUT2D eigenvalue weighted by Crippen LogP contribution is -2.12. The molecule has 0 radical (unpaired) electrons. The van der Waals surface area contributed by atoms with E-state index in [-0.39, 0.29) is 11.1 Å². The van der Waals surface area contributed by atoms with E-state index >= 15 is 0 Å². The predicted octanol–water partition coefficient (Wildman–Crippen LogP) is 3.47. The number of hydrogen-bond acceptors (Lipinski definition) is 5. The quantitative estimate of drug-likeness (QED) is 0.350. The van der Waals surface area contributed by atoms with Crippen LogP contribution in [0, 0.1) is 0 Å². The molecule has 0 aliphatic heterocycles. The van der Waals surface area contributed by atoms with Gasteiger partial charge in [0.25, 0.3) is 11.6 Å². The van der Waals surface area contributed by atoms with Crippen molar-refractivity contribution in [3.05, 3.63) is 71.8 Å². The first kappa shape index (κ1) is 25.7. The van der Waals surface area contributed by atoms with Crippen LogP contribution >= 0.6 is 0 Å². The number of carboxylic acids is 2. The number of carbonyl (C=O) groups is 4. The Balaban J connectivity index is 0.000000419. The molecular weight excluding hydrogens is 376 g/mol. The van der Waals surface area contributed by atoms with Crippen molar-refractivity contribution in [3.8, 4) is 0 Å². The van der Waals surface area contributed by atoms with E-state index in [0.29, 0.717) is 6.61 Å². The summed E-state index contributed by atoms with van der Waals surface area (Å²) in [5, 5.41) is 24.9. The number of aliphatic hydroxyl groups is 1. The number of carbonyl (C=O) groups excluding carboxylic acids is 2. The van der Waals surface area contributed by atoms with Crippen LogP contribution < -0.4 is 0 Å². The van der Waals surface area contributed by atoms with Crippen molar-refractivity contribution < 1.29 is 34.5 Å². The smallest absolute Gasteiger partial charge is 0.377 e. The lowest BCUT2D eigenvalue weighted by atomic mass is 10.1. The Morgan fingerprint density at radius 1 is 0.655 bits per heavy atom. The summed E-state index contributed by atoms with van der Waals surface area (Å²) in [7, 11) is 0. The van der Waals surface area contributed by atoms with Gasteiger partial charge in [-0.1, -0.05) is 86.8 Å². The number of rotatable bonds is 8. The summed E-state index contributed by atoms with van der Waals surface area (Å²) in [6.45, 7) is 2.53. The molecule has 7 heteroatoms. The third-order valence-electron chi connectivity index (χ3n) is 3.47. The highest BCUT2D eigenvalue weighted by Crippen LogP contribution is 2.00. The molecule has 0 aliphatic rings. The molecule has 156 valence electrons. The van der Waals surface area contributed by atoms with E-state index < -0.39 is 23.5 Å². The molecule has 0 atom stereocenters. The highest BCUT2D eigenvalue weighted by atomic mass is 16.4. The number of aliphatic hydroxyl groups excluding tert-OH is 1. The highest BCUT2D eigenvalue weighted by molar-refractivity contribution is 6.40. The second-order valence-electron chi connectivity index (χ2n) is 5.78. The number of Topliss-reactive ketones (excluding diaryl/α,β-unsaturated/α-hetero) is 2. The van der Waals surface area contributed by atoms with Gasteiger partial charge in [-0.25, -0.2) is 9.59 Å². The molecule has 3 N–H and O–H groups in total. The zero-order chi connectivity index (χ0) is 22.1. The van der Waals surface area contributed by atoms with Gasteiger partial charge in [-0.15, -0.1) is 0 Å². The van der Waals surface area contributed by atoms with E-state index in [1.165, 1.54) is 43.5 Å². The minimum atomic E-state index is -1.42. The van der Waals surface area contributed by atoms with Crippen molar-refractivity contribution in [2.24, 2.45) is 0 Å². The van der Waals surface area contributed by atoms with Crippen molar-refractivity contribution in [1.29, 1.82) is 0 Å². The van der Waals surface area contributed by atoms with Gasteiger partial charge in [0.15, 0.2) is 0 Å². The zero-order valence-corrected chi connectivity index (χ0v) is 16.3. The van der Waals surface area contributed by atoms with Crippen LogP contribution in [0.4, 0.5) is 0 Å². The average molecular weight is 402 g/mol. The number of unbranched alkanes of at least 4 members (excludes halogenated alkanes) is 3. The lowest BCUT2D eigenvalue weighted by Gasteiger charge is -1.91. The van der Waals surface area contributed by atoms with Crippen molar-refractivity contribution >= 4 is 23.5 Å². The Morgan fingerprint density at radius 3 is 1.31 bits per heavy atom. The second-order valence-corrected chi connectivity index (χ2v) is 5.78. The molecule has 0 bridgehead atoms. The van der Waals surface area contributed by atoms with Crippen LogP contribution in [0.25, 0.3) is 0 Å². The van der Waals surface area contributed by atoms with Crippen molar-refractivity contribution in [3.63, 3.8) is 0 Å². The maximum Gasteiger partial charge on any atom is 0.377 e. The molecule has 0 spiro atoms. The number of hydrogen-bond donors (Lipinski definition) is 3. The molecule has 0 saturated heterocycles. The molecule has 0 heterocycles. The molecule has 0 amide bonds. The van der Waals surface area contributed by atoms with Crippen LogP contribution in [0.1, 0.15) is 53.3 Å². The van der Waals surface area contributed by atoms with Crippen LogP contribution in [0.5, 0.6) is 0 Å². The van der Waals surface area contributed by atoms with Gasteiger partial charge in [-0.2, -0.15) is 0 Å². The maximum absolute atomic E-state index is 10.7. The summed E-state index contributed by atoms with van der Waals surface area (Å²) >= 11 is 0. The summed E-state index contributed by atoms with van der Waals surface area (Å²) < 4.78 is 0. The third kappa shape index (κ3) is 11.9. The van der Waals surface area contributed by atoms with Gasteiger partial charge in [-0.3, -0.25) is 9.59 Å². The fraction of sp³-hybridized carbons (Fsp3) is 0.273. The monoisotopic (exact) mass is 402 g/mol. The Bertz CT molecular complexity index is 690. The fourth-order valence-corrected chi connectivity index (χ4v) is 1.96. The predicted molar refractivity (Wildman–Crippen MR) is 108 cm³/mol. The summed E-state index contributed by atoms with van der Waals surface area (Å²) in [5.41, 5.74) is 0.417. The highest BCUT2D eigenvalue weighted by Gasteiger charge is 2.13. The lowest BCUT2D eigenvalue weighted by molar-refractivity contribution is -0.132. The molecule has 0 aliphatic carbocycles. The molecule has 0 aromatic heterocycles. The largest absolute Gasteiger partial charge is 0.475 e. The molecule has 7 nitrogen and oxygen atoms in total. The van der Waals surface area contributed by atoms with E-state index in [2.05, 4.69) is 6.92 Å². The number of aliphatic carboxylic acids is 2. The number of carboxylic acid groups (broad SMARTS) is 2. The first-order valence-electron chi connectivity index (χ1n) is 9.11.